The third kappa shape index (κ3) is 6.82. The number of benzene rings is 2. The summed E-state index contributed by atoms with van der Waals surface area (Å²) in [6.45, 7) is 9.97. The van der Waals surface area contributed by atoms with Crippen molar-refractivity contribution in [2.45, 2.75) is 46.6 Å². The molecule has 0 radical (unpaired) electrons. The molecule has 0 aliphatic heterocycles. The number of aryl methyl sites for hydroxylation is 1. The second-order valence-electron chi connectivity index (χ2n) is 7.35. The highest BCUT2D eigenvalue weighted by molar-refractivity contribution is 5.83. The summed E-state index contributed by atoms with van der Waals surface area (Å²) in [7, 11) is 1.58. The van der Waals surface area contributed by atoms with Crippen LogP contribution in [-0.2, 0) is 4.79 Å². The van der Waals surface area contributed by atoms with Crippen LogP contribution in [0.2, 0.25) is 0 Å². The van der Waals surface area contributed by atoms with Gasteiger partial charge in [0.1, 0.15) is 5.75 Å². The molecule has 156 valence electrons. The van der Waals surface area contributed by atoms with E-state index in [1.807, 2.05) is 51.1 Å². The molecule has 0 saturated heterocycles. The van der Waals surface area contributed by atoms with Crippen LogP contribution in [0.15, 0.2) is 41.5 Å². The van der Waals surface area contributed by atoms with Gasteiger partial charge in [-0.15, -0.1) is 0 Å². The summed E-state index contributed by atoms with van der Waals surface area (Å²) in [6, 6.07) is 11.5. The fourth-order valence-electron chi connectivity index (χ4n) is 2.71. The Balaban J connectivity index is 1.94. The monoisotopic (exact) mass is 398 g/mol. The molecule has 1 amide bonds. The molecule has 6 heteroatoms. The number of hydrogen-bond donors (Lipinski definition) is 1. The van der Waals surface area contributed by atoms with E-state index in [0.717, 1.165) is 22.4 Å². The lowest BCUT2D eigenvalue weighted by Gasteiger charge is -2.14. The van der Waals surface area contributed by atoms with E-state index in [-0.39, 0.29) is 18.6 Å². The van der Waals surface area contributed by atoms with Crippen molar-refractivity contribution < 1.29 is 19.0 Å². The Labute approximate surface area is 172 Å². The van der Waals surface area contributed by atoms with E-state index in [4.69, 9.17) is 14.2 Å². The van der Waals surface area contributed by atoms with Gasteiger partial charge in [0.15, 0.2) is 18.1 Å². The molecule has 6 nitrogen and oxygen atoms in total. The first-order valence-corrected chi connectivity index (χ1v) is 9.70. The molecule has 0 unspecified atom stereocenters. The number of amides is 1. The van der Waals surface area contributed by atoms with Crippen LogP contribution in [0, 0.1) is 6.92 Å². The van der Waals surface area contributed by atoms with Crippen molar-refractivity contribution in [3.63, 3.8) is 0 Å². The summed E-state index contributed by atoms with van der Waals surface area (Å²) in [5, 5.41) is 3.99. The molecule has 2 aromatic carbocycles. The number of nitrogens with one attached hydrogen (secondary N) is 1. The number of carbonyl (C=O) groups is 1. The molecule has 2 rings (SSSR count). The fourth-order valence-corrected chi connectivity index (χ4v) is 2.71. The lowest BCUT2D eigenvalue weighted by atomic mass is 10.0. The minimum absolute atomic E-state index is 0.0484. The Morgan fingerprint density at radius 3 is 2.48 bits per heavy atom. The number of rotatable bonds is 9. The Hall–Kier alpha value is -3.02. The molecule has 0 aliphatic carbocycles. The van der Waals surface area contributed by atoms with Crippen LogP contribution < -0.4 is 19.6 Å². The van der Waals surface area contributed by atoms with Crippen LogP contribution in [0.5, 0.6) is 17.2 Å². The van der Waals surface area contributed by atoms with Crippen molar-refractivity contribution >= 4 is 12.1 Å². The van der Waals surface area contributed by atoms with Crippen LogP contribution in [0.4, 0.5) is 0 Å². The normalized spacial score (nSPS) is 11.2. The minimum Gasteiger partial charge on any atom is -0.493 e. The lowest BCUT2D eigenvalue weighted by molar-refractivity contribution is -0.123. The molecule has 0 atom stereocenters. The van der Waals surface area contributed by atoms with Gasteiger partial charge in [-0.25, -0.2) is 5.43 Å². The molecular weight excluding hydrogens is 368 g/mol. The van der Waals surface area contributed by atoms with E-state index in [0.29, 0.717) is 17.4 Å². The Kier molecular flexibility index (Phi) is 8.07. The van der Waals surface area contributed by atoms with Gasteiger partial charge in [-0.1, -0.05) is 26.0 Å². The molecule has 0 bridgehead atoms. The van der Waals surface area contributed by atoms with Crippen LogP contribution in [0.25, 0.3) is 0 Å². The van der Waals surface area contributed by atoms with Gasteiger partial charge in [0, 0.05) is 0 Å². The first-order chi connectivity index (χ1) is 13.8. The van der Waals surface area contributed by atoms with Gasteiger partial charge < -0.3 is 14.2 Å². The van der Waals surface area contributed by atoms with Crippen molar-refractivity contribution in [1.29, 1.82) is 0 Å². The second-order valence-corrected chi connectivity index (χ2v) is 7.35. The van der Waals surface area contributed by atoms with Crippen molar-refractivity contribution in [3.8, 4) is 17.2 Å². The van der Waals surface area contributed by atoms with Gasteiger partial charge in [-0.3, -0.25) is 4.79 Å². The van der Waals surface area contributed by atoms with Crippen LogP contribution >= 0.6 is 0 Å². The van der Waals surface area contributed by atoms with E-state index in [1.165, 1.54) is 0 Å². The van der Waals surface area contributed by atoms with Gasteiger partial charge in [0.25, 0.3) is 5.91 Å². The number of nitrogens with zero attached hydrogens (tertiary/aromatic N) is 1. The topological polar surface area (TPSA) is 69.2 Å². The smallest absolute Gasteiger partial charge is 0.277 e. The second kappa shape index (κ2) is 10.5. The summed E-state index contributed by atoms with van der Waals surface area (Å²) in [5.41, 5.74) is 5.42. The standard InChI is InChI=1S/C23H30N2O4/c1-15(2)19-9-7-17(5)11-21(19)28-14-23(26)25-24-13-18-8-10-20(29-16(3)4)22(12-18)27-6/h7-13,15-16H,14H2,1-6H3,(H,25,26)/b24-13+. The van der Waals surface area contributed by atoms with E-state index in [2.05, 4.69) is 24.4 Å². The fraction of sp³-hybridized carbons (Fsp3) is 0.391. The van der Waals surface area contributed by atoms with Crippen molar-refractivity contribution in [2.24, 2.45) is 5.10 Å². The predicted molar refractivity (Wildman–Crippen MR) is 115 cm³/mol. The number of hydrogen-bond acceptors (Lipinski definition) is 5. The molecule has 2 aromatic rings. The molecular formula is C23H30N2O4. The van der Waals surface area contributed by atoms with Gasteiger partial charge in [0.05, 0.1) is 19.4 Å². The van der Waals surface area contributed by atoms with Crippen LogP contribution in [-0.4, -0.2) is 31.9 Å². The molecule has 0 saturated carbocycles. The van der Waals surface area contributed by atoms with E-state index in [1.54, 1.807) is 19.4 Å². The first kappa shape index (κ1) is 22.3. The predicted octanol–water partition coefficient (Wildman–Crippen LogP) is 4.44. The quantitative estimate of drug-likeness (QED) is 0.501. The van der Waals surface area contributed by atoms with Crippen molar-refractivity contribution in [1.82, 2.24) is 5.43 Å². The molecule has 0 spiro atoms. The number of ether oxygens (including phenoxy) is 3. The number of methoxy groups -OCH3 is 1. The summed E-state index contributed by atoms with van der Waals surface area (Å²) < 4.78 is 16.7. The zero-order valence-corrected chi connectivity index (χ0v) is 18.0. The third-order valence-corrected chi connectivity index (χ3v) is 4.10. The highest BCUT2D eigenvalue weighted by Crippen LogP contribution is 2.29. The van der Waals surface area contributed by atoms with Gasteiger partial charge in [-0.2, -0.15) is 5.10 Å². The Morgan fingerprint density at radius 1 is 1.07 bits per heavy atom. The average Bonchev–Trinajstić information content (AvgIpc) is 2.66. The van der Waals surface area contributed by atoms with Crippen molar-refractivity contribution in [3.05, 3.63) is 53.1 Å². The molecule has 0 heterocycles. The van der Waals surface area contributed by atoms with E-state index >= 15 is 0 Å². The van der Waals surface area contributed by atoms with Gasteiger partial charge >= 0.3 is 0 Å². The molecule has 29 heavy (non-hydrogen) atoms. The van der Waals surface area contributed by atoms with E-state index < -0.39 is 0 Å². The van der Waals surface area contributed by atoms with Crippen LogP contribution in [0.1, 0.15) is 50.3 Å². The summed E-state index contributed by atoms with van der Waals surface area (Å²) in [5.74, 6) is 1.98. The highest BCUT2D eigenvalue weighted by atomic mass is 16.5. The van der Waals surface area contributed by atoms with Gasteiger partial charge in [0.2, 0.25) is 0 Å². The maximum Gasteiger partial charge on any atom is 0.277 e. The maximum absolute atomic E-state index is 12.1. The molecule has 1 N–H and O–H groups in total. The lowest BCUT2D eigenvalue weighted by Crippen LogP contribution is -2.25. The third-order valence-electron chi connectivity index (χ3n) is 4.10. The average molecular weight is 399 g/mol. The van der Waals surface area contributed by atoms with Crippen LogP contribution in [0.3, 0.4) is 0 Å². The van der Waals surface area contributed by atoms with Crippen molar-refractivity contribution in [2.75, 3.05) is 13.7 Å². The first-order valence-electron chi connectivity index (χ1n) is 9.70. The number of carbonyl (C=O) groups excluding carboxylic acids is 1. The zero-order valence-electron chi connectivity index (χ0n) is 18.0. The minimum atomic E-state index is -0.329. The summed E-state index contributed by atoms with van der Waals surface area (Å²) >= 11 is 0. The molecule has 0 aromatic heterocycles. The Bertz CT molecular complexity index is 860. The number of hydrazone groups is 1. The maximum atomic E-state index is 12.1. The summed E-state index contributed by atoms with van der Waals surface area (Å²) in [6.07, 6.45) is 1.60. The zero-order chi connectivity index (χ0) is 21.4. The summed E-state index contributed by atoms with van der Waals surface area (Å²) in [4.78, 5) is 12.1. The van der Waals surface area contributed by atoms with Gasteiger partial charge in [-0.05, 0) is 67.6 Å². The highest BCUT2D eigenvalue weighted by Gasteiger charge is 2.10. The SMILES string of the molecule is COc1cc(/C=N/NC(=O)COc2cc(C)ccc2C(C)C)ccc1OC(C)C. The molecule has 0 fully saturated rings. The Morgan fingerprint density at radius 2 is 1.83 bits per heavy atom. The van der Waals surface area contributed by atoms with E-state index in [9.17, 15) is 4.79 Å². The molecule has 0 aliphatic rings. The largest absolute Gasteiger partial charge is 0.493 e.